The van der Waals surface area contributed by atoms with Crippen LogP contribution < -0.4 is 5.32 Å². The number of hydrogen-bond acceptors (Lipinski definition) is 5. The number of rotatable bonds is 8. The standard InChI is InChI=1S/C10H11NO3.C9H15NO2S/c12-7-11-9(10(13)14)6-8-4-2-1-3-5-8;1-8(11)13-7-4-9(12)10-5-2-3-6-10/h1-5,7,9H,6H2,(H,11,12)(H,13,14);2-7H2,1H3/t9-;/m1./s1. The highest BCUT2D eigenvalue weighted by molar-refractivity contribution is 8.13. The van der Waals surface area contributed by atoms with Crippen LogP contribution in [0.15, 0.2) is 30.3 Å². The molecule has 2 amide bonds. The fourth-order valence-electron chi connectivity index (χ4n) is 2.56. The van der Waals surface area contributed by atoms with Gasteiger partial charge in [-0.05, 0) is 18.4 Å². The molecule has 0 aliphatic carbocycles. The number of likely N-dealkylation sites (tertiary alicyclic amines) is 1. The second kappa shape index (κ2) is 12.9. The van der Waals surface area contributed by atoms with E-state index in [1.807, 2.05) is 35.2 Å². The number of carbonyl (C=O) groups is 4. The summed E-state index contributed by atoms with van der Waals surface area (Å²) >= 11 is 1.23. The summed E-state index contributed by atoms with van der Waals surface area (Å²) in [5, 5.41) is 11.1. The topological polar surface area (TPSA) is 104 Å². The lowest BCUT2D eigenvalue weighted by Crippen LogP contribution is -2.37. The zero-order valence-electron chi connectivity index (χ0n) is 15.4. The smallest absolute Gasteiger partial charge is 0.326 e. The Labute approximate surface area is 163 Å². The first-order valence-corrected chi connectivity index (χ1v) is 9.80. The third-order valence-electron chi connectivity index (χ3n) is 3.93. The molecule has 7 nitrogen and oxygen atoms in total. The van der Waals surface area contributed by atoms with Crippen LogP contribution in [0, 0.1) is 0 Å². The number of amides is 2. The maximum Gasteiger partial charge on any atom is 0.326 e. The van der Waals surface area contributed by atoms with Crippen molar-refractivity contribution in [1.82, 2.24) is 10.2 Å². The predicted molar refractivity (Wildman–Crippen MR) is 104 cm³/mol. The van der Waals surface area contributed by atoms with Crippen LogP contribution in [0.3, 0.4) is 0 Å². The molecule has 2 rings (SSSR count). The molecule has 0 saturated carbocycles. The number of carbonyl (C=O) groups excluding carboxylic acids is 3. The molecule has 1 saturated heterocycles. The first kappa shape index (κ1) is 22.7. The Hall–Kier alpha value is -2.35. The molecule has 1 aromatic carbocycles. The first-order chi connectivity index (χ1) is 12.9. The van der Waals surface area contributed by atoms with Crippen molar-refractivity contribution in [1.29, 1.82) is 0 Å². The molecule has 2 N–H and O–H groups in total. The summed E-state index contributed by atoms with van der Waals surface area (Å²) in [6.07, 6.45) is 3.47. The van der Waals surface area contributed by atoms with Gasteiger partial charge in [0.15, 0.2) is 5.12 Å². The van der Waals surface area contributed by atoms with Gasteiger partial charge >= 0.3 is 5.97 Å². The summed E-state index contributed by atoms with van der Waals surface area (Å²) in [5.74, 6) is -0.197. The molecule has 0 bridgehead atoms. The number of benzene rings is 1. The monoisotopic (exact) mass is 394 g/mol. The Morgan fingerprint density at radius 2 is 1.85 bits per heavy atom. The van der Waals surface area contributed by atoms with E-state index in [1.165, 1.54) is 18.7 Å². The molecule has 27 heavy (non-hydrogen) atoms. The fraction of sp³-hybridized carbons (Fsp3) is 0.474. The summed E-state index contributed by atoms with van der Waals surface area (Å²) in [6, 6.07) is 8.30. The minimum atomic E-state index is -1.03. The molecule has 1 aliphatic heterocycles. The van der Waals surface area contributed by atoms with Gasteiger partial charge in [0.05, 0.1) is 0 Å². The van der Waals surface area contributed by atoms with E-state index in [2.05, 4.69) is 5.32 Å². The van der Waals surface area contributed by atoms with Crippen molar-refractivity contribution in [2.24, 2.45) is 0 Å². The summed E-state index contributed by atoms with van der Waals surface area (Å²) < 4.78 is 0. The van der Waals surface area contributed by atoms with Crippen molar-refractivity contribution in [3.8, 4) is 0 Å². The average molecular weight is 394 g/mol. The molecule has 1 aliphatic rings. The molecule has 1 heterocycles. The largest absolute Gasteiger partial charge is 0.480 e. The van der Waals surface area contributed by atoms with Gasteiger partial charge < -0.3 is 15.3 Å². The zero-order valence-corrected chi connectivity index (χ0v) is 16.2. The number of hydrogen-bond donors (Lipinski definition) is 2. The molecule has 1 atom stereocenters. The highest BCUT2D eigenvalue weighted by atomic mass is 32.2. The molecule has 148 valence electrons. The van der Waals surface area contributed by atoms with Crippen LogP contribution in [-0.4, -0.2) is 58.3 Å². The quantitative estimate of drug-likeness (QED) is 0.651. The predicted octanol–water partition coefficient (Wildman–Crippen LogP) is 1.71. The van der Waals surface area contributed by atoms with Crippen LogP contribution in [0.1, 0.15) is 31.7 Å². The van der Waals surface area contributed by atoms with Gasteiger partial charge in [0.2, 0.25) is 12.3 Å². The number of aliphatic carboxylic acids is 1. The Morgan fingerprint density at radius 3 is 2.37 bits per heavy atom. The van der Waals surface area contributed by atoms with E-state index in [4.69, 9.17) is 5.11 Å². The maximum absolute atomic E-state index is 11.4. The zero-order chi connectivity index (χ0) is 20.1. The maximum atomic E-state index is 11.4. The van der Waals surface area contributed by atoms with Gasteiger partial charge in [0.1, 0.15) is 6.04 Å². The second-order valence-electron chi connectivity index (χ2n) is 6.04. The van der Waals surface area contributed by atoms with E-state index in [9.17, 15) is 19.2 Å². The summed E-state index contributed by atoms with van der Waals surface area (Å²) in [7, 11) is 0. The molecule has 0 radical (unpaired) electrons. The molecule has 0 aromatic heterocycles. The van der Waals surface area contributed by atoms with Crippen molar-refractivity contribution in [3.63, 3.8) is 0 Å². The van der Waals surface area contributed by atoms with Gasteiger partial charge in [-0.2, -0.15) is 0 Å². The number of carboxylic acid groups (broad SMARTS) is 1. The van der Waals surface area contributed by atoms with Crippen molar-refractivity contribution >= 4 is 35.2 Å². The van der Waals surface area contributed by atoms with Gasteiger partial charge in [-0.1, -0.05) is 42.1 Å². The van der Waals surface area contributed by atoms with Gasteiger partial charge in [0, 0.05) is 38.6 Å². The van der Waals surface area contributed by atoms with E-state index in [0.29, 0.717) is 25.0 Å². The van der Waals surface area contributed by atoms with Crippen molar-refractivity contribution in [3.05, 3.63) is 35.9 Å². The lowest BCUT2D eigenvalue weighted by Gasteiger charge is -2.14. The average Bonchev–Trinajstić information content (AvgIpc) is 3.17. The number of nitrogens with zero attached hydrogens (tertiary/aromatic N) is 1. The van der Waals surface area contributed by atoms with Crippen molar-refractivity contribution in [2.45, 2.75) is 38.6 Å². The van der Waals surface area contributed by atoms with Gasteiger partial charge in [-0.25, -0.2) is 4.79 Å². The van der Waals surface area contributed by atoms with Crippen molar-refractivity contribution in [2.75, 3.05) is 18.8 Å². The third kappa shape index (κ3) is 9.79. The molecule has 1 aromatic rings. The van der Waals surface area contributed by atoms with Crippen LogP contribution >= 0.6 is 11.8 Å². The Kier molecular flexibility index (Phi) is 10.9. The highest BCUT2D eigenvalue weighted by Gasteiger charge is 2.17. The Balaban J connectivity index is 0.000000271. The van der Waals surface area contributed by atoms with Crippen LogP contribution in [0.2, 0.25) is 0 Å². The molecule has 0 unspecified atom stereocenters. The van der Waals surface area contributed by atoms with Gasteiger partial charge in [-0.15, -0.1) is 0 Å². The van der Waals surface area contributed by atoms with E-state index in [-0.39, 0.29) is 11.0 Å². The van der Waals surface area contributed by atoms with E-state index >= 15 is 0 Å². The molecule has 8 heteroatoms. The minimum Gasteiger partial charge on any atom is -0.480 e. The number of carboxylic acids is 1. The Morgan fingerprint density at radius 1 is 1.22 bits per heavy atom. The minimum absolute atomic E-state index is 0.0919. The van der Waals surface area contributed by atoms with Gasteiger partial charge in [0.25, 0.3) is 0 Å². The van der Waals surface area contributed by atoms with Crippen molar-refractivity contribution < 1.29 is 24.3 Å². The SMILES string of the molecule is CC(=O)SCCC(=O)N1CCCC1.O=CN[C@H](Cc1ccccc1)C(=O)O. The second-order valence-corrected chi connectivity index (χ2v) is 7.31. The third-order valence-corrected chi connectivity index (χ3v) is 4.74. The van der Waals surface area contributed by atoms with E-state index in [1.54, 1.807) is 0 Å². The fourth-order valence-corrected chi connectivity index (χ4v) is 3.12. The van der Waals surface area contributed by atoms with Crippen LogP contribution in [0.25, 0.3) is 0 Å². The van der Waals surface area contributed by atoms with Gasteiger partial charge in [-0.3, -0.25) is 14.4 Å². The van der Waals surface area contributed by atoms with E-state index in [0.717, 1.165) is 31.5 Å². The first-order valence-electron chi connectivity index (χ1n) is 8.81. The normalized spacial score (nSPS) is 13.9. The lowest BCUT2D eigenvalue weighted by atomic mass is 10.1. The highest BCUT2D eigenvalue weighted by Crippen LogP contribution is 2.11. The summed E-state index contributed by atoms with van der Waals surface area (Å²) in [4.78, 5) is 44.7. The molecule has 1 fully saturated rings. The Bertz CT molecular complexity index is 618. The number of nitrogens with one attached hydrogen (secondary N) is 1. The molecular formula is C19H26N2O5S. The van der Waals surface area contributed by atoms with E-state index < -0.39 is 12.0 Å². The van der Waals surface area contributed by atoms with Crippen LogP contribution in [0.4, 0.5) is 0 Å². The lowest BCUT2D eigenvalue weighted by molar-refractivity contribution is -0.140. The van der Waals surface area contributed by atoms with Crippen LogP contribution in [-0.2, 0) is 25.6 Å². The summed E-state index contributed by atoms with van der Waals surface area (Å²) in [5.41, 5.74) is 0.884. The molecular weight excluding hydrogens is 368 g/mol. The molecule has 0 spiro atoms. The number of thioether (sulfide) groups is 1. The summed E-state index contributed by atoms with van der Waals surface area (Å²) in [6.45, 7) is 3.35. The van der Waals surface area contributed by atoms with Crippen LogP contribution in [0.5, 0.6) is 0 Å².